The predicted molar refractivity (Wildman–Crippen MR) is 96.1 cm³/mol. The molecule has 1 saturated heterocycles. The molecule has 5 heteroatoms. The van der Waals surface area contributed by atoms with E-state index in [9.17, 15) is 4.79 Å². The monoisotopic (exact) mass is 379 g/mol. The number of rotatable bonds is 3. The molecule has 1 aromatic rings. The molecule has 0 spiro atoms. The zero-order chi connectivity index (χ0) is 16.4. The standard InChI is InChI=1S/C18H26BrN3O/c1-14(15-4-6-16(19)7-5-15)21-10-12-22(13-11-21)17(23)18(20)8-2-3-9-18/h4-7,14H,2-3,8-13,20H2,1H3. The van der Waals surface area contributed by atoms with E-state index in [1.165, 1.54) is 5.56 Å². The Kier molecular flexibility index (Phi) is 5.09. The number of amides is 1. The summed E-state index contributed by atoms with van der Waals surface area (Å²) in [5.74, 6) is 0.172. The van der Waals surface area contributed by atoms with Crippen molar-refractivity contribution in [2.24, 2.45) is 5.73 Å². The van der Waals surface area contributed by atoms with E-state index in [2.05, 4.69) is 52.0 Å². The maximum Gasteiger partial charge on any atom is 0.242 e. The van der Waals surface area contributed by atoms with Crippen molar-refractivity contribution in [1.82, 2.24) is 9.80 Å². The van der Waals surface area contributed by atoms with Crippen LogP contribution < -0.4 is 5.73 Å². The number of hydrogen-bond donors (Lipinski definition) is 1. The van der Waals surface area contributed by atoms with Crippen molar-refractivity contribution >= 4 is 21.8 Å². The van der Waals surface area contributed by atoms with E-state index in [1.807, 2.05) is 4.90 Å². The van der Waals surface area contributed by atoms with Crippen LogP contribution in [0.5, 0.6) is 0 Å². The molecule has 0 aromatic heterocycles. The van der Waals surface area contributed by atoms with Gasteiger partial charge in [-0.25, -0.2) is 0 Å². The Hall–Kier alpha value is -0.910. The lowest BCUT2D eigenvalue weighted by atomic mass is 9.96. The Morgan fingerprint density at radius 3 is 2.26 bits per heavy atom. The van der Waals surface area contributed by atoms with Gasteiger partial charge in [0.1, 0.15) is 0 Å². The van der Waals surface area contributed by atoms with Crippen LogP contribution in [0.2, 0.25) is 0 Å². The van der Waals surface area contributed by atoms with Crippen LogP contribution in [0.1, 0.15) is 44.2 Å². The SMILES string of the molecule is CC(c1ccc(Br)cc1)N1CCN(C(=O)C2(N)CCCC2)CC1. The van der Waals surface area contributed by atoms with E-state index in [1.54, 1.807) is 0 Å². The Bertz CT molecular complexity index is 546. The molecule has 4 nitrogen and oxygen atoms in total. The van der Waals surface area contributed by atoms with E-state index in [0.29, 0.717) is 6.04 Å². The summed E-state index contributed by atoms with van der Waals surface area (Å²) in [6, 6.07) is 8.88. The lowest BCUT2D eigenvalue weighted by molar-refractivity contribution is -0.138. The highest BCUT2D eigenvalue weighted by atomic mass is 79.9. The Labute approximate surface area is 147 Å². The first-order valence-electron chi connectivity index (χ1n) is 8.57. The molecule has 1 aliphatic heterocycles. The van der Waals surface area contributed by atoms with Crippen LogP contribution in [0.15, 0.2) is 28.7 Å². The third-order valence-electron chi connectivity index (χ3n) is 5.42. The topological polar surface area (TPSA) is 49.6 Å². The van der Waals surface area contributed by atoms with Gasteiger partial charge in [-0.3, -0.25) is 9.69 Å². The number of carbonyl (C=O) groups excluding carboxylic acids is 1. The third-order valence-corrected chi connectivity index (χ3v) is 5.95. The van der Waals surface area contributed by atoms with Crippen molar-refractivity contribution < 1.29 is 4.79 Å². The molecule has 0 bridgehead atoms. The fourth-order valence-electron chi connectivity index (χ4n) is 3.80. The van der Waals surface area contributed by atoms with Crippen LogP contribution in [-0.2, 0) is 4.79 Å². The Morgan fingerprint density at radius 2 is 1.70 bits per heavy atom. The van der Waals surface area contributed by atoms with Gasteiger partial charge in [0.25, 0.3) is 0 Å². The van der Waals surface area contributed by atoms with Crippen LogP contribution >= 0.6 is 15.9 Å². The van der Waals surface area contributed by atoms with E-state index in [0.717, 1.165) is 56.3 Å². The molecule has 2 N–H and O–H groups in total. The number of hydrogen-bond acceptors (Lipinski definition) is 3. The van der Waals surface area contributed by atoms with E-state index in [4.69, 9.17) is 5.73 Å². The maximum atomic E-state index is 12.7. The number of benzene rings is 1. The molecule has 0 radical (unpaired) electrons. The minimum absolute atomic E-state index is 0.172. The zero-order valence-corrected chi connectivity index (χ0v) is 15.4. The normalized spacial score (nSPS) is 23.0. The second-order valence-corrected chi connectivity index (χ2v) is 7.83. The number of nitrogens with zero attached hydrogens (tertiary/aromatic N) is 2. The van der Waals surface area contributed by atoms with E-state index >= 15 is 0 Å². The average molecular weight is 380 g/mol. The Balaban J connectivity index is 1.57. The van der Waals surface area contributed by atoms with Crippen molar-refractivity contribution in [2.45, 2.75) is 44.2 Å². The van der Waals surface area contributed by atoms with Gasteiger partial charge in [-0.2, -0.15) is 0 Å². The summed E-state index contributed by atoms with van der Waals surface area (Å²) in [6.07, 6.45) is 3.87. The van der Waals surface area contributed by atoms with E-state index < -0.39 is 5.54 Å². The van der Waals surface area contributed by atoms with Crippen LogP contribution in [0.4, 0.5) is 0 Å². The van der Waals surface area contributed by atoms with Gasteiger partial charge in [0.2, 0.25) is 5.91 Å². The average Bonchev–Trinajstić information content (AvgIpc) is 3.02. The molecule has 1 saturated carbocycles. The molecule has 3 rings (SSSR count). The second-order valence-electron chi connectivity index (χ2n) is 6.92. The van der Waals surface area contributed by atoms with Gasteiger partial charge in [-0.1, -0.05) is 40.9 Å². The molecule has 1 aliphatic carbocycles. The van der Waals surface area contributed by atoms with Crippen molar-refractivity contribution in [2.75, 3.05) is 26.2 Å². The van der Waals surface area contributed by atoms with Crippen LogP contribution in [0.25, 0.3) is 0 Å². The molecule has 1 aromatic carbocycles. The summed E-state index contributed by atoms with van der Waals surface area (Å²) in [5.41, 5.74) is 7.06. The first kappa shape index (κ1) is 16.9. The molecule has 1 heterocycles. The van der Waals surface area contributed by atoms with Crippen LogP contribution in [0, 0.1) is 0 Å². The molecular weight excluding hydrogens is 354 g/mol. The number of piperazine rings is 1. The van der Waals surface area contributed by atoms with Gasteiger partial charge >= 0.3 is 0 Å². The van der Waals surface area contributed by atoms with Crippen LogP contribution in [0.3, 0.4) is 0 Å². The minimum atomic E-state index is -0.584. The summed E-state index contributed by atoms with van der Waals surface area (Å²) < 4.78 is 1.11. The fraction of sp³-hybridized carbons (Fsp3) is 0.611. The predicted octanol–water partition coefficient (Wildman–Crippen LogP) is 2.93. The first-order chi connectivity index (χ1) is 11.0. The van der Waals surface area contributed by atoms with Crippen molar-refractivity contribution in [1.29, 1.82) is 0 Å². The summed E-state index contributed by atoms with van der Waals surface area (Å²) in [4.78, 5) is 17.1. The molecule has 1 amide bonds. The molecule has 1 atom stereocenters. The molecule has 2 aliphatic rings. The number of nitrogens with two attached hydrogens (primary N) is 1. The molecule has 23 heavy (non-hydrogen) atoms. The largest absolute Gasteiger partial charge is 0.339 e. The quantitative estimate of drug-likeness (QED) is 0.877. The fourth-order valence-corrected chi connectivity index (χ4v) is 4.06. The van der Waals surface area contributed by atoms with Crippen molar-refractivity contribution in [3.05, 3.63) is 34.3 Å². The molecule has 1 unspecified atom stereocenters. The van der Waals surface area contributed by atoms with Gasteiger partial charge < -0.3 is 10.6 Å². The Morgan fingerprint density at radius 1 is 1.13 bits per heavy atom. The molecule has 126 valence electrons. The van der Waals surface area contributed by atoms with E-state index in [-0.39, 0.29) is 5.91 Å². The van der Waals surface area contributed by atoms with Gasteiger partial charge in [0.15, 0.2) is 0 Å². The van der Waals surface area contributed by atoms with Gasteiger partial charge in [-0.15, -0.1) is 0 Å². The summed E-state index contributed by atoms with van der Waals surface area (Å²) in [5, 5.41) is 0. The molecule has 2 fully saturated rings. The lowest BCUT2D eigenvalue weighted by Crippen LogP contribution is -2.58. The zero-order valence-electron chi connectivity index (χ0n) is 13.8. The lowest BCUT2D eigenvalue weighted by Gasteiger charge is -2.40. The maximum absolute atomic E-state index is 12.7. The van der Waals surface area contributed by atoms with Crippen molar-refractivity contribution in [3.8, 4) is 0 Å². The first-order valence-corrected chi connectivity index (χ1v) is 9.37. The minimum Gasteiger partial charge on any atom is -0.339 e. The summed E-state index contributed by atoms with van der Waals surface area (Å²) in [7, 11) is 0. The van der Waals surface area contributed by atoms with Crippen molar-refractivity contribution in [3.63, 3.8) is 0 Å². The highest BCUT2D eigenvalue weighted by Gasteiger charge is 2.40. The summed E-state index contributed by atoms with van der Waals surface area (Å²) >= 11 is 3.48. The van der Waals surface area contributed by atoms with Crippen LogP contribution in [-0.4, -0.2) is 47.4 Å². The third kappa shape index (κ3) is 3.62. The number of carbonyl (C=O) groups is 1. The number of halogens is 1. The van der Waals surface area contributed by atoms with Gasteiger partial charge in [-0.05, 0) is 37.5 Å². The van der Waals surface area contributed by atoms with Gasteiger partial charge in [0, 0.05) is 36.7 Å². The second kappa shape index (κ2) is 6.91. The molecular formula is C18H26BrN3O. The highest BCUT2D eigenvalue weighted by Crippen LogP contribution is 2.30. The van der Waals surface area contributed by atoms with Gasteiger partial charge in [0.05, 0.1) is 5.54 Å². The summed E-state index contributed by atoms with van der Waals surface area (Å²) in [6.45, 7) is 5.65. The highest BCUT2D eigenvalue weighted by molar-refractivity contribution is 9.10. The smallest absolute Gasteiger partial charge is 0.242 e.